The first kappa shape index (κ1) is 13.9. The highest BCUT2D eigenvalue weighted by Crippen LogP contribution is 2.22. The molecule has 1 rings (SSSR count). The number of hydrogen-bond acceptors (Lipinski definition) is 1. The lowest BCUT2D eigenvalue weighted by Crippen LogP contribution is -1.98. The predicted molar refractivity (Wildman–Crippen MR) is 70.2 cm³/mol. The molecular weight excluding hydrogens is 215 g/mol. The van der Waals surface area contributed by atoms with Crippen LogP contribution in [0.5, 0.6) is 0 Å². The summed E-state index contributed by atoms with van der Waals surface area (Å²) in [7, 11) is 0. The third-order valence-corrected chi connectivity index (χ3v) is 2.68. The number of unbranched alkanes of at least 4 members (excludes halogenated alkanes) is 1. The second-order valence-corrected chi connectivity index (χ2v) is 4.66. The molecule has 1 unspecified atom stereocenters. The van der Waals surface area contributed by atoms with Crippen molar-refractivity contribution in [3.05, 3.63) is 40.7 Å². The Bertz CT molecular complexity index is 392. The molecular formula is C15H21FO. The molecule has 0 radical (unpaired) electrons. The number of allylic oxidation sites excluding steroid dienone is 1. The molecule has 1 atom stereocenters. The van der Waals surface area contributed by atoms with Crippen LogP contribution in [0.1, 0.15) is 57.3 Å². The molecule has 1 aromatic carbocycles. The van der Waals surface area contributed by atoms with E-state index in [9.17, 15) is 9.50 Å². The fourth-order valence-electron chi connectivity index (χ4n) is 1.74. The number of rotatable bonds is 5. The van der Waals surface area contributed by atoms with Crippen molar-refractivity contribution in [3.63, 3.8) is 0 Å². The van der Waals surface area contributed by atoms with Crippen LogP contribution in [-0.2, 0) is 0 Å². The second kappa shape index (κ2) is 6.55. The van der Waals surface area contributed by atoms with Gasteiger partial charge in [0.25, 0.3) is 0 Å². The molecule has 0 saturated heterocycles. The zero-order chi connectivity index (χ0) is 12.8. The minimum Gasteiger partial charge on any atom is -0.388 e. The van der Waals surface area contributed by atoms with Crippen molar-refractivity contribution in [1.29, 1.82) is 0 Å². The Morgan fingerprint density at radius 3 is 2.65 bits per heavy atom. The minimum atomic E-state index is -0.551. The monoisotopic (exact) mass is 236 g/mol. The van der Waals surface area contributed by atoms with Gasteiger partial charge in [0, 0.05) is 5.56 Å². The van der Waals surface area contributed by atoms with E-state index >= 15 is 0 Å². The SMILES string of the molecule is CCCCC(O)c1ccc(C=C(C)C)c(F)c1. The van der Waals surface area contributed by atoms with Gasteiger partial charge >= 0.3 is 0 Å². The van der Waals surface area contributed by atoms with Crippen LogP contribution >= 0.6 is 0 Å². The molecule has 0 fully saturated rings. The normalized spacial score (nSPS) is 12.3. The van der Waals surface area contributed by atoms with Gasteiger partial charge in [-0.05, 0) is 31.9 Å². The first-order valence-corrected chi connectivity index (χ1v) is 6.17. The van der Waals surface area contributed by atoms with E-state index in [1.807, 2.05) is 13.8 Å². The Balaban J connectivity index is 2.85. The molecule has 0 heterocycles. The van der Waals surface area contributed by atoms with Crippen molar-refractivity contribution in [2.75, 3.05) is 0 Å². The number of aliphatic hydroxyl groups excluding tert-OH is 1. The van der Waals surface area contributed by atoms with Gasteiger partial charge in [-0.15, -0.1) is 0 Å². The molecule has 17 heavy (non-hydrogen) atoms. The van der Waals surface area contributed by atoms with Crippen LogP contribution in [0.25, 0.3) is 6.08 Å². The summed E-state index contributed by atoms with van der Waals surface area (Å²) < 4.78 is 13.7. The van der Waals surface area contributed by atoms with Crippen molar-refractivity contribution in [3.8, 4) is 0 Å². The van der Waals surface area contributed by atoms with Gasteiger partial charge in [-0.2, -0.15) is 0 Å². The van der Waals surface area contributed by atoms with Gasteiger partial charge in [-0.25, -0.2) is 4.39 Å². The first-order chi connectivity index (χ1) is 8.04. The van der Waals surface area contributed by atoms with Crippen molar-refractivity contribution < 1.29 is 9.50 Å². The summed E-state index contributed by atoms with van der Waals surface area (Å²) >= 11 is 0. The van der Waals surface area contributed by atoms with Crippen molar-refractivity contribution in [2.45, 2.75) is 46.1 Å². The van der Waals surface area contributed by atoms with Crippen LogP contribution in [0.4, 0.5) is 4.39 Å². The fourth-order valence-corrected chi connectivity index (χ4v) is 1.74. The summed E-state index contributed by atoms with van der Waals surface area (Å²) in [5, 5.41) is 9.87. The summed E-state index contributed by atoms with van der Waals surface area (Å²) in [6.07, 6.45) is 3.94. The maximum atomic E-state index is 13.7. The molecule has 0 aliphatic heterocycles. The zero-order valence-corrected chi connectivity index (χ0v) is 10.8. The molecule has 94 valence electrons. The van der Waals surface area contributed by atoms with Gasteiger partial charge in [0.1, 0.15) is 5.82 Å². The van der Waals surface area contributed by atoms with Gasteiger partial charge in [0.2, 0.25) is 0 Å². The highest BCUT2D eigenvalue weighted by molar-refractivity contribution is 5.53. The molecule has 0 saturated carbocycles. The van der Waals surface area contributed by atoms with E-state index in [0.29, 0.717) is 17.5 Å². The standard InChI is InChI=1S/C15H21FO/c1-4-5-6-15(17)13-8-7-12(9-11(2)3)14(16)10-13/h7-10,15,17H,4-6H2,1-3H3. The topological polar surface area (TPSA) is 20.2 Å². The smallest absolute Gasteiger partial charge is 0.130 e. The maximum Gasteiger partial charge on any atom is 0.130 e. The Morgan fingerprint density at radius 1 is 1.41 bits per heavy atom. The number of benzene rings is 1. The Morgan fingerprint density at radius 2 is 2.12 bits per heavy atom. The second-order valence-electron chi connectivity index (χ2n) is 4.66. The van der Waals surface area contributed by atoms with Gasteiger partial charge in [-0.1, -0.05) is 43.5 Å². The van der Waals surface area contributed by atoms with Crippen LogP contribution in [0.15, 0.2) is 23.8 Å². The fraction of sp³-hybridized carbons (Fsp3) is 0.467. The van der Waals surface area contributed by atoms with E-state index in [-0.39, 0.29) is 5.82 Å². The molecule has 2 heteroatoms. The molecule has 0 aliphatic rings. The highest BCUT2D eigenvalue weighted by Gasteiger charge is 2.09. The lowest BCUT2D eigenvalue weighted by molar-refractivity contribution is 0.164. The maximum absolute atomic E-state index is 13.7. The Kier molecular flexibility index (Phi) is 5.36. The average molecular weight is 236 g/mol. The molecule has 1 aromatic rings. The van der Waals surface area contributed by atoms with E-state index in [4.69, 9.17) is 0 Å². The van der Waals surface area contributed by atoms with Gasteiger partial charge in [-0.3, -0.25) is 0 Å². The van der Waals surface area contributed by atoms with Gasteiger partial charge < -0.3 is 5.11 Å². The third-order valence-electron chi connectivity index (χ3n) is 2.68. The third kappa shape index (κ3) is 4.31. The molecule has 0 bridgehead atoms. The summed E-state index contributed by atoms with van der Waals surface area (Å²) in [6, 6.07) is 4.97. The van der Waals surface area contributed by atoms with Gasteiger partial charge in [0.15, 0.2) is 0 Å². The highest BCUT2D eigenvalue weighted by atomic mass is 19.1. The van der Waals surface area contributed by atoms with Crippen LogP contribution in [0.2, 0.25) is 0 Å². The lowest BCUT2D eigenvalue weighted by atomic mass is 10.0. The summed E-state index contributed by atoms with van der Waals surface area (Å²) in [5.41, 5.74) is 2.31. The minimum absolute atomic E-state index is 0.265. The Labute approximate surface area is 103 Å². The molecule has 0 amide bonds. The van der Waals surface area contributed by atoms with E-state index in [1.165, 1.54) is 6.07 Å². The van der Waals surface area contributed by atoms with Crippen LogP contribution in [0, 0.1) is 5.82 Å². The van der Waals surface area contributed by atoms with E-state index in [2.05, 4.69) is 6.92 Å². The summed E-state index contributed by atoms with van der Waals surface area (Å²) in [4.78, 5) is 0. The molecule has 0 aliphatic carbocycles. The van der Waals surface area contributed by atoms with E-state index in [1.54, 1.807) is 18.2 Å². The van der Waals surface area contributed by atoms with Crippen LogP contribution < -0.4 is 0 Å². The van der Waals surface area contributed by atoms with Gasteiger partial charge in [0.05, 0.1) is 6.10 Å². The predicted octanol–water partition coefficient (Wildman–Crippen LogP) is 4.47. The van der Waals surface area contributed by atoms with E-state index < -0.39 is 6.10 Å². The Hall–Kier alpha value is -1.15. The molecule has 0 aromatic heterocycles. The zero-order valence-electron chi connectivity index (χ0n) is 10.8. The van der Waals surface area contributed by atoms with Crippen molar-refractivity contribution >= 4 is 6.08 Å². The van der Waals surface area contributed by atoms with Crippen LogP contribution in [0.3, 0.4) is 0 Å². The first-order valence-electron chi connectivity index (χ1n) is 6.17. The largest absolute Gasteiger partial charge is 0.388 e. The number of hydrogen-bond donors (Lipinski definition) is 1. The number of halogens is 1. The summed E-state index contributed by atoms with van der Waals surface area (Å²) in [5.74, 6) is -0.265. The van der Waals surface area contributed by atoms with Crippen molar-refractivity contribution in [1.82, 2.24) is 0 Å². The average Bonchev–Trinajstić information content (AvgIpc) is 2.28. The summed E-state index contributed by atoms with van der Waals surface area (Å²) in [6.45, 7) is 5.94. The molecule has 0 spiro atoms. The lowest BCUT2D eigenvalue weighted by Gasteiger charge is -2.11. The molecule has 1 N–H and O–H groups in total. The van der Waals surface area contributed by atoms with Crippen molar-refractivity contribution in [2.24, 2.45) is 0 Å². The number of aliphatic hydroxyl groups is 1. The van der Waals surface area contributed by atoms with Crippen LogP contribution in [-0.4, -0.2) is 5.11 Å². The molecule has 1 nitrogen and oxygen atoms in total. The quantitative estimate of drug-likeness (QED) is 0.799. The van der Waals surface area contributed by atoms with E-state index in [0.717, 1.165) is 18.4 Å².